The van der Waals surface area contributed by atoms with Gasteiger partial charge in [0.05, 0.1) is 23.0 Å². The Bertz CT molecular complexity index is 629. The van der Waals surface area contributed by atoms with E-state index in [0.29, 0.717) is 22.0 Å². The maximum absolute atomic E-state index is 8.88. The highest BCUT2D eigenvalue weighted by Gasteiger charge is 2.05. The molecule has 0 saturated heterocycles. The lowest BCUT2D eigenvalue weighted by molar-refractivity contribution is 1.42. The molecule has 0 aliphatic rings. The molecule has 0 saturated carbocycles. The van der Waals surface area contributed by atoms with Crippen LogP contribution < -0.4 is 11.1 Å². The standard InChI is InChI=1S/C14H12ClN3/c1-9-11(15)3-2-4-13(9)18-14-7-10(8-16)5-6-12(14)17/h2-7,18H,17H2,1H3. The van der Waals surface area contributed by atoms with E-state index in [0.717, 1.165) is 11.3 Å². The highest BCUT2D eigenvalue weighted by molar-refractivity contribution is 6.31. The van der Waals surface area contributed by atoms with Crippen LogP contribution in [0.2, 0.25) is 5.02 Å². The van der Waals surface area contributed by atoms with E-state index < -0.39 is 0 Å². The molecule has 3 nitrogen and oxygen atoms in total. The number of nitrogen functional groups attached to an aromatic ring is 1. The van der Waals surface area contributed by atoms with E-state index in [2.05, 4.69) is 11.4 Å². The number of rotatable bonds is 2. The molecule has 0 amide bonds. The number of hydrogen-bond acceptors (Lipinski definition) is 3. The summed E-state index contributed by atoms with van der Waals surface area (Å²) in [6, 6.07) is 12.8. The summed E-state index contributed by atoms with van der Waals surface area (Å²) in [4.78, 5) is 0. The first kappa shape index (κ1) is 12.3. The van der Waals surface area contributed by atoms with Crippen molar-refractivity contribution in [3.05, 3.63) is 52.5 Å². The lowest BCUT2D eigenvalue weighted by Gasteiger charge is -2.12. The second-order valence-electron chi connectivity index (χ2n) is 3.95. The van der Waals surface area contributed by atoms with Crippen LogP contribution in [0, 0.1) is 18.3 Å². The number of nitriles is 1. The number of nitrogens with zero attached hydrogens (tertiary/aromatic N) is 1. The van der Waals surface area contributed by atoms with Crippen molar-refractivity contribution in [3.63, 3.8) is 0 Å². The summed E-state index contributed by atoms with van der Waals surface area (Å²) >= 11 is 6.05. The minimum absolute atomic E-state index is 0.561. The molecule has 0 bridgehead atoms. The summed E-state index contributed by atoms with van der Waals surface area (Å²) in [7, 11) is 0. The molecule has 0 spiro atoms. The van der Waals surface area contributed by atoms with Crippen molar-refractivity contribution in [2.45, 2.75) is 6.92 Å². The predicted octanol–water partition coefficient (Wildman–Crippen LogP) is 3.85. The minimum Gasteiger partial charge on any atom is -0.397 e. The van der Waals surface area contributed by atoms with Crippen molar-refractivity contribution in [2.75, 3.05) is 11.1 Å². The van der Waals surface area contributed by atoms with Crippen molar-refractivity contribution in [2.24, 2.45) is 0 Å². The lowest BCUT2D eigenvalue weighted by atomic mass is 10.1. The van der Waals surface area contributed by atoms with Gasteiger partial charge in [-0.2, -0.15) is 5.26 Å². The summed E-state index contributed by atoms with van der Waals surface area (Å²) in [5.74, 6) is 0. The van der Waals surface area contributed by atoms with Crippen molar-refractivity contribution in [3.8, 4) is 6.07 Å². The van der Waals surface area contributed by atoms with E-state index in [1.807, 2.05) is 25.1 Å². The highest BCUT2D eigenvalue weighted by Crippen LogP contribution is 2.29. The first-order valence-corrected chi connectivity index (χ1v) is 5.81. The van der Waals surface area contributed by atoms with Gasteiger partial charge < -0.3 is 11.1 Å². The molecule has 0 aromatic heterocycles. The second-order valence-corrected chi connectivity index (χ2v) is 4.36. The van der Waals surface area contributed by atoms with Gasteiger partial charge in [-0.05, 0) is 42.8 Å². The zero-order chi connectivity index (χ0) is 13.1. The number of hydrogen-bond donors (Lipinski definition) is 2. The zero-order valence-electron chi connectivity index (χ0n) is 9.87. The number of halogens is 1. The van der Waals surface area contributed by atoms with Crippen LogP contribution in [0.4, 0.5) is 17.1 Å². The average molecular weight is 258 g/mol. The Kier molecular flexibility index (Phi) is 3.40. The third kappa shape index (κ3) is 2.39. The van der Waals surface area contributed by atoms with Gasteiger partial charge in [-0.1, -0.05) is 17.7 Å². The van der Waals surface area contributed by atoms with Crippen LogP contribution in [0.3, 0.4) is 0 Å². The molecular weight excluding hydrogens is 246 g/mol. The van der Waals surface area contributed by atoms with Gasteiger partial charge in [0, 0.05) is 10.7 Å². The maximum Gasteiger partial charge on any atom is 0.0992 e. The molecule has 2 aromatic rings. The first-order chi connectivity index (χ1) is 8.61. The van der Waals surface area contributed by atoms with Gasteiger partial charge in [0.1, 0.15) is 0 Å². The SMILES string of the molecule is Cc1c(Cl)cccc1Nc1cc(C#N)ccc1N. The van der Waals surface area contributed by atoms with Crippen LogP contribution in [0.15, 0.2) is 36.4 Å². The summed E-state index contributed by atoms with van der Waals surface area (Å²) < 4.78 is 0. The van der Waals surface area contributed by atoms with Crippen molar-refractivity contribution in [1.82, 2.24) is 0 Å². The van der Waals surface area contributed by atoms with Crippen molar-refractivity contribution < 1.29 is 0 Å². The second kappa shape index (κ2) is 4.99. The van der Waals surface area contributed by atoms with Crippen LogP contribution >= 0.6 is 11.6 Å². The molecule has 0 aliphatic carbocycles. The molecule has 4 heteroatoms. The molecule has 90 valence electrons. The Morgan fingerprint density at radius 3 is 2.72 bits per heavy atom. The van der Waals surface area contributed by atoms with Gasteiger partial charge in [0.25, 0.3) is 0 Å². The van der Waals surface area contributed by atoms with Gasteiger partial charge >= 0.3 is 0 Å². The zero-order valence-corrected chi connectivity index (χ0v) is 10.6. The average Bonchev–Trinajstić information content (AvgIpc) is 2.37. The fraction of sp³-hybridized carbons (Fsp3) is 0.0714. The third-order valence-corrected chi connectivity index (χ3v) is 3.13. The van der Waals surface area contributed by atoms with Crippen LogP contribution in [0.5, 0.6) is 0 Å². The van der Waals surface area contributed by atoms with Crippen molar-refractivity contribution >= 4 is 28.7 Å². The monoisotopic (exact) mass is 257 g/mol. The summed E-state index contributed by atoms with van der Waals surface area (Å²) in [6.07, 6.45) is 0. The summed E-state index contributed by atoms with van der Waals surface area (Å²) in [5, 5.41) is 12.8. The summed E-state index contributed by atoms with van der Waals surface area (Å²) in [5.41, 5.74) is 9.56. The fourth-order valence-electron chi connectivity index (χ4n) is 1.62. The van der Waals surface area contributed by atoms with Gasteiger partial charge in [-0.15, -0.1) is 0 Å². The molecule has 0 unspecified atom stereocenters. The summed E-state index contributed by atoms with van der Waals surface area (Å²) in [6.45, 7) is 1.93. The van der Waals surface area contributed by atoms with Crippen LogP contribution in [-0.4, -0.2) is 0 Å². The van der Waals surface area contributed by atoms with E-state index in [9.17, 15) is 0 Å². The Morgan fingerprint density at radius 2 is 2.00 bits per heavy atom. The van der Waals surface area contributed by atoms with E-state index in [4.69, 9.17) is 22.6 Å². The van der Waals surface area contributed by atoms with E-state index in [1.54, 1.807) is 18.2 Å². The molecule has 0 fully saturated rings. The van der Waals surface area contributed by atoms with Gasteiger partial charge in [0.15, 0.2) is 0 Å². The number of nitrogens with two attached hydrogens (primary N) is 1. The Morgan fingerprint density at radius 1 is 1.22 bits per heavy atom. The first-order valence-electron chi connectivity index (χ1n) is 5.43. The molecule has 0 heterocycles. The van der Waals surface area contributed by atoms with E-state index in [-0.39, 0.29) is 0 Å². The Labute approximate surface area is 111 Å². The van der Waals surface area contributed by atoms with Gasteiger partial charge in [-0.3, -0.25) is 0 Å². The van der Waals surface area contributed by atoms with Gasteiger partial charge in [0.2, 0.25) is 0 Å². The Balaban J connectivity index is 2.40. The number of anilines is 3. The molecule has 3 N–H and O–H groups in total. The fourth-order valence-corrected chi connectivity index (χ4v) is 1.80. The van der Waals surface area contributed by atoms with Crippen LogP contribution in [0.1, 0.15) is 11.1 Å². The topological polar surface area (TPSA) is 61.8 Å². The molecule has 0 radical (unpaired) electrons. The smallest absolute Gasteiger partial charge is 0.0992 e. The number of nitrogens with one attached hydrogen (secondary N) is 1. The lowest BCUT2D eigenvalue weighted by Crippen LogP contribution is -1.98. The largest absolute Gasteiger partial charge is 0.397 e. The highest BCUT2D eigenvalue weighted by atomic mass is 35.5. The maximum atomic E-state index is 8.88. The number of benzene rings is 2. The van der Waals surface area contributed by atoms with Gasteiger partial charge in [-0.25, -0.2) is 0 Å². The van der Waals surface area contributed by atoms with Crippen molar-refractivity contribution in [1.29, 1.82) is 5.26 Å². The van der Waals surface area contributed by atoms with E-state index in [1.165, 1.54) is 0 Å². The third-order valence-electron chi connectivity index (χ3n) is 2.72. The van der Waals surface area contributed by atoms with Crippen LogP contribution in [-0.2, 0) is 0 Å². The van der Waals surface area contributed by atoms with E-state index >= 15 is 0 Å². The molecule has 0 aliphatic heterocycles. The predicted molar refractivity (Wildman–Crippen MR) is 75.0 cm³/mol. The van der Waals surface area contributed by atoms with Crippen LogP contribution in [0.25, 0.3) is 0 Å². The molecule has 2 aromatic carbocycles. The molecule has 18 heavy (non-hydrogen) atoms. The molecule has 0 atom stereocenters. The Hall–Kier alpha value is -2.18. The normalized spacial score (nSPS) is 9.83. The quantitative estimate of drug-likeness (QED) is 0.804. The molecule has 2 rings (SSSR count). The minimum atomic E-state index is 0.561. The molecular formula is C14H12ClN3.